The summed E-state index contributed by atoms with van der Waals surface area (Å²) >= 11 is 0. The molecule has 3 aromatic carbocycles. The Labute approximate surface area is 162 Å². The van der Waals surface area contributed by atoms with Crippen LogP contribution >= 0.6 is 0 Å². The second-order valence-electron chi connectivity index (χ2n) is 7.70. The van der Waals surface area contributed by atoms with E-state index in [2.05, 4.69) is 84.3 Å². The first-order valence-corrected chi connectivity index (χ1v) is 11.6. The molecule has 2 unspecified atom stereocenters. The summed E-state index contributed by atoms with van der Waals surface area (Å²) < 4.78 is 2.52. The van der Waals surface area contributed by atoms with Crippen LogP contribution in [0.4, 0.5) is 0 Å². The van der Waals surface area contributed by atoms with Crippen molar-refractivity contribution in [3.8, 4) is 0 Å². The van der Waals surface area contributed by atoms with Crippen molar-refractivity contribution in [2.24, 2.45) is 0 Å². The van der Waals surface area contributed by atoms with Crippen molar-refractivity contribution >= 4 is 54.9 Å². The highest BCUT2D eigenvalue weighted by Gasteiger charge is 2.30. The molecule has 5 aromatic rings. The van der Waals surface area contributed by atoms with Crippen LogP contribution in [-0.4, -0.2) is 21.7 Å². The molecule has 132 valence electrons. The van der Waals surface area contributed by atoms with E-state index in [1.165, 1.54) is 55.8 Å². The van der Waals surface area contributed by atoms with Crippen molar-refractivity contribution in [1.82, 2.24) is 4.40 Å². The van der Waals surface area contributed by atoms with Gasteiger partial charge in [0.25, 0.3) is 0 Å². The fraction of sp³-hybridized carbons (Fsp3) is 0.200. The molecule has 1 aliphatic rings. The van der Waals surface area contributed by atoms with Gasteiger partial charge in [-0.25, -0.2) is 0 Å². The Morgan fingerprint density at radius 2 is 1.74 bits per heavy atom. The minimum absolute atomic E-state index is 0.449. The second kappa shape index (κ2) is 5.53. The van der Waals surface area contributed by atoms with Gasteiger partial charge >= 0.3 is 0 Å². The molecule has 2 heterocycles. The third-order valence-corrected chi connectivity index (χ3v) is 8.64. The maximum absolute atomic E-state index is 2.52. The lowest BCUT2D eigenvalue weighted by Gasteiger charge is -2.16. The molecule has 0 saturated carbocycles. The Balaban J connectivity index is 1.74. The topological polar surface area (TPSA) is 4.41 Å². The standard InChI is InChI=1S/C25H22NS/c1-3-27(2)18-11-12-23-22(15-18)20-10-6-9-19-21-13-16-7-4-5-8-17(16)14-24(21)26(23)25(19)20/h4-14,18H,3,15H2,1-2H3/q+1. The molecule has 0 fully saturated rings. The van der Waals surface area contributed by atoms with E-state index in [4.69, 9.17) is 0 Å². The highest BCUT2D eigenvalue weighted by Crippen LogP contribution is 2.41. The van der Waals surface area contributed by atoms with Crippen molar-refractivity contribution in [3.63, 3.8) is 0 Å². The second-order valence-corrected chi connectivity index (χ2v) is 10.3. The molecule has 0 saturated heterocycles. The summed E-state index contributed by atoms with van der Waals surface area (Å²) in [6.07, 6.45) is 8.46. The normalized spacial score (nSPS) is 18.1. The van der Waals surface area contributed by atoms with Crippen LogP contribution in [0.2, 0.25) is 0 Å². The Hall–Kier alpha value is -2.45. The van der Waals surface area contributed by atoms with Crippen LogP contribution in [-0.2, 0) is 17.3 Å². The predicted octanol–water partition coefficient (Wildman–Crippen LogP) is 6.04. The molecule has 0 spiro atoms. The first-order chi connectivity index (χ1) is 13.3. The summed E-state index contributed by atoms with van der Waals surface area (Å²) in [6, 6.07) is 20.3. The van der Waals surface area contributed by atoms with Crippen LogP contribution in [0.3, 0.4) is 0 Å². The zero-order valence-corrected chi connectivity index (χ0v) is 16.5. The zero-order chi connectivity index (χ0) is 18.1. The van der Waals surface area contributed by atoms with Gasteiger partial charge in [-0.3, -0.25) is 0 Å². The van der Waals surface area contributed by atoms with E-state index >= 15 is 0 Å². The summed E-state index contributed by atoms with van der Waals surface area (Å²) in [7, 11) is 0.449. The molecule has 0 amide bonds. The molecule has 1 nitrogen and oxygen atoms in total. The number of aromatic nitrogens is 1. The van der Waals surface area contributed by atoms with E-state index in [0.717, 1.165) is 0 Å². The SMILES string of the molecule is CC[S+](C)C1C=Cc2c(c3cccc4c5cc6ccccc6cc5n2c34)C1. The van der Waals surface area contributed by atoms with Crippen LogP contribution in [0.5, 0.6) is 0 Å². The Morgan fingerprint density at radius 1 is 0.963 bits per heavy atom. The van der Waals surface area contributed by atoms with Crippen molar-refractivity contribution < 1.29 is 0 Å². The van der Waals surface area contributed by atoms with Gasteiger partial charge in [0.2, 0.25) is 0 Å². The summed E-state index contributed by atoms with van der Waals surface area (Å²) in [5.41, 5.74) is 5.70. The Bertz CT molecular complexity index is 1360. The lowest BCUT2D eigenvalue weighted by atomic mass is 9.98. The molecule has 2 aromatic heterocycles. The largest absolute Gasteiger partial charge is 0.308 e. The zero-order valence-electron chi connectivity index (χ0n) is 15.7. The maximum Gasteiger partial charge on any atom is 0.140 e. The summed E-state index contributed by atoms with van der Waals surface area (Å²) in [6.45, 7) is 2.32. The first-order valence-electron chi connectivity index (χ1n) is 9.75. The number of hydrogen-bond donors (Lipinski definition) is 0. The summed E-state index contributed by atoms with van der Waals surface area (Å²) in [5, 5.41) is 7.53. The number of hydrogen-bond acceptors (Lipinski definition) is 0. The van der Waals surface area contributed by atoms with Gasteiger partial charge in [-0.2, -0.15) is 0 Å². The molecule has 6 rings (SSSR count). The third-order valence-electron chi connectivity index (χ3n) is 6.38. The molecule has 1 aliphatic carbocycles. The summed E-state index contributed by atoms with van der Waals surface area (Å²) in [4.78, 5) is 0. The van der Waals surface area contributed by atoms with Crippen molar-refractivity contribution in [2.75, 3.05) is 12.0 Å². The highest BCUT2D eigenvalue weighted by atomic mass is 32.2. The first kappa shape index (κ1) is 15.6. The van der Waals surface area contributed by atoms with E-state index in [1.54, 1.807) is 5.56 Å². The molecule has 0 N–H and O–H groups in total. The minimum atomic E-state index is 0.449. The van der Waals surface area contributed by atoms with E-state index in [-0.39, 0.29) is 0 Å². The van der Waals surface area contributed by atoms with Crippen LogP contribution in [0, 0.1) is 0 Å². The van der Waals surface area contributed by atoms with Crippen LogP contribution in [0.1, 0.15) is 18.2 Å². The Kier molecular flexibility index (Phi) is 3.19. The monoisotopic (exact) mass is 368 g/mol. The number of nitrogens with zero attached hydrogens (tertiary/aromatic N) is 1. The smallest absolute Gasteiger partial charge is 0.140 e. The number of para-hydroxylation sites is 1. The lowest BCUT2D eigenvalue weighted by molar-refractivity contribution is 0.992. The van der Waals surface area contributed by atoms with E-state index in [0.29, 0.717) is 16.1 Å². The lowest BCUT2D eigenvalue weighted by Crippen LogP contribution is -2.24. The van der Waals surface area contributed by atoms with E-state index in [1.807, 2.05) is 0 Å². The van der Waals surface area contributed by atoms with Gasteiger partial charge < -0.3 is 4.40 Å². The van der Waals surface area contributed by atoms with Gasteiger partial charge in [-0.15, -0.1) is 0 Å². The van der Waals surface area contributed by atoms with Crippen molar-refractivity contribution in [2.45, 2.75) is 18.6 Å². The molecule has 0 radical (unpaired) electrons. The predicted molar refractivity (Wildman–Crippen MR) is 121 cm³/mol. The van der Waals surface area contributed by atoms with Crippen LogP contribution in [0.15, 0.2) is 60.7 Å². The highest BCUT2D eigenvalue weighted by molar-refractivity contribution is 7.96. The average Bonchev–Trinajstić information content (AvgIpc) is 3.22. The molecule has 0 aliphatic heterocycles. The Morgan fingerprint density at radius 3 is 2.56 bits per heavy atom. The molecule has 2 atom stereocenters. The maximum atomic E-state index is 2.52. The summed E-state index contributed by atoms with van der Waals surface area (Å²) in [5.74, 6) is 1.27. The van der Waals surface area contributed by atoms with E-state index < -0.39 is 0 Å². The molecular weight excluding hydrogens is 346 g/mol. The fourth-order valence-electron chi connectivity index (χ4n) is 4.87. The molecular formula is C25H22NS+. The van der Waals surface area contributed by atoms with Gasteiger partial charge in [-0.05, 0) is 58.4 Å². The average molecular weight is 369 g/mol. The van der Waals surface area contributed by atoms with Gasteiger partial charge in [-0.1, -0.05) is 42.5 Å². The molecule has 2 heteroatoms. The van der Waals surface area contributed by atoms with Crippen molar-refractivity contribution in [1.29, 1.82) is 0 Å². The van der Waals surface area contributed by atoms with Gasteiger partial charge in [0, 0.05) is 22.6 Å². The van der Waals surface area contributed by atoms with Gasteiger partial charge in [0.15, 0.2) is 0 Å². The quantitative estimate of drug-likeness (QED) is 0.334. The van der Waals surface area contributed by atoms with E-state index in [9.17, 15) is 0 Å². The fourth-order valence-corrected chi connectivity index (χ4v) is 6.09. The van der Waals surface area contributed by atoms with Crippen LogP contribution in [0.25, 0.3) is 44.0 Å². The van der Waals surface area contributed by atoms with Crippen molar-refractivity contribution in [3.05, 3.63) is 71.9 Å². The number of rotatable bonds is 2. The molecule has 27 heavy (non-hydrogen) atoms. The van der Waals surface area contributed by atoms with Crippen LogP contribution < -0.4 is 0 Å². The number of benzene rings is 3. The van der Waals surface area contributed by atoms with Gasteiger partial charge in [0.1, 0.15) is 11.0 Å². The van der Waals surface area contributed by atoms with Gasteiger partial charge in [0.05, 0.1) is 23.0 Å². The minimum Gasteiger partial charge on any atom is -0.308 e. The third kappa shape index (κ3) is 2.02. The number of fused-ring (bicyclic) bond motifs is 7. The molecule has 0 bridgehead atoms.